The van der Waals surface area contributed by atoms with Crippen molar-refractivity contribution in [1.29, 1.82) is 0 Å². The number of thiocarbonyl (C=S) groups is 1. The van der Waals surface area contributed by atoms with E-state index in [4.69, 9.17) is 17.0 Å². The second-order valence-electron chi connectivity index (χ2n) is 4.63. The predicted molar refractivity (Wildman–Crippen MR) is 83.1 cm³/mol. The number of ether oxygens (including phenoxy) is 1. The molecule has 3 nitrogen and oxygen atoms in total. The molecule has 1 saturated heterocycles. The molecule has 1 aromatic rings. The van der Waals surface area contributed by atoms with Crippen LogP contribution in [0.25, 0.3) is 6.08 Å². The summed E-state index contributed by atoms with van der Waals surface area (Å²) in [6, 6.07) is 7.67. The lowest BCUT2D eigenvalue weighted by molar-refractivity contribution is -0.115. The monoisotopic (exact) mass is 293 g/mol. The van der Waals surface area contributed by atoms with Crippen LogP contribution in [0.2, 0.25) is 0 Å². The van der Waals surface area contributed by atoms with E-state index in [0.717, 1.165) is 11.3 Å². The van der Waals surface area contributed by atoms with E-state index < -0.39 is 0 Å². The van der Waals surface area contributed by atoms with E-state index in [0.29, 0.717) is 21.8 Å². The number of rotatable bonds is 4. The van der Waals surface area contributed by atoms with Gasteiger partial charge in [0.2, 0.25) is 0 Å². The smallest absolute Gasteiger partial charge is 0.263 e. The van der Waals surface area contributed by atoms with Gasteiger partial charge in [0.05, 0.1) is 11.5 Å². The summed E-state index contributed by atoms with van der Waals surface area (Å²) in [5.41, 5.74) is 0.958. The Hall–Kier alpha value is -1.33. The van der Waals surface area contributed by atoms with Crippen molar-refractivity contribution in [3.8, 4) is 5.75 Å². The van der Waals surface area contributed by atoms with Crippen molar-refractivity contribution >= 4 is 40.3 Å². The molecule has 0 saturated carbocycles. The molecule has 2 rings (SSSR count). The quantitative estimate of drug-likeness (QED) is 0.683. The van der Waals surface area contributed by atoms with Crippen LogP contribution in [0.1, 0.15) is 19.4 Å². The van der Waals surface area contributed by atoms with Gasteiger partial charge >= 0.3 is 0 Å². The summed E-state index contributed by atoms with van der Waals surface area (Å²) in [6.45, 7) is 4.92. The second-order valence-corrected chi connectivity index (χ2v) is 6.34. The number of carbonyl (C=O) groups is 1. The number of hydrogen-bond acceptors (Lipinski definition) is 4. The van der Waals surface area contributed by atoms with Crippen molar-refractivity contribution in [2.24, 2.45) is 5.92 Å². The number of benzene rings is 1. The fraction of sp³-hybridized carbons (Fsp3) is 0.286. The Bertz CT molecular complexity index is 521. The highest BCUT2D eigenvalue weighted by atomic mass is 32.2. The molecule has 1 amide bonds. The van der Waals surface area contributed by atoms with Crippen LogP contribution >= 0.6 is 24.0 Å². The van der Waals surface area contributed by atoms with Crippen LogP contribution in [0, 0.1) is 5.92 Å². The minimum absolute atomic E-state index is 0.130. The average Bonchev–Trinajstić information content (AvgIpc) is 2.67. The minimum Gasteiger partial charge on any atom is -0.493 e. The normalized spacial score (nSPS) is 17.1. The standard InChI is InChI=1S/C14H15NO2S2/c1-9(2)8-17-11-5-3-10(4-6-11)7-12-13(16)15-14(18)19-12/h3-7,9H,8H2,1-2H3,(H,15,16,18). The first-order chi connectivity index (χ1) is 9.04. The van der Waals surface area contributed by atoms with Crippen LogP contribution in [-0.2, 0) is 4.79 Å². The average molecular weight is 293 g/mol. The fourth-order valence-corrected chi connectivity index (χ4v) is 2.54. The largest absolute Gasteiger partial charge is 0.493 e. The Morgan fingerprint density at radius 1 is 1.37 bits per heavy atom. The topological polar surface area (TPSA) is 38.3 Å². The summed E-state index contributed by atoms with van der Waals surface area (Å²) in [6.07, 6.45) is 1.82. The van der Waals surface area contributed by atoms with E-state index in [1.165, 1.54) is 11.8 Å². The summed E-state index contributed by atoms with van der Waals surface area (Å²) in [4.78, 5) is 12.1. The lowest BCUT2D eigenvalue weighted by Gasteiger charge is -2.08. The maximum absolute atomic E-state index is 11.5. The van der Waals surface area contributed by atoms with Crippen molar-refractivity contribution in [2.75, 3.05) is 6.61 Å². The van der Waals surface area contributed by atoms with Crippen molar-refractivity contribution in [3.05, 3.63) is 34.7 Å². The van der Waals surface area contributed by atoms with Crippen LogP contribution in [0.3, 0.4) is 0 Å². The van der Waals surface area contributed by atoms with Crippen LogP contribution < -0.4 is 10.1 Å². The lowest BCUT2D eigenvalue weighted by Crippen LogP contribution is -2.17. The molecular weight excluding hydrogens is 278 g/mol. The Kier molecular flexibility index (Phi) is 4.61. The van der Waals surface area contributed by atoms with Crippen LogP contribution in [0.15, 0.2) is 29.2 Å². The van der Waals surface area contributed by atoms with Crippen molar-refractivity contribution < 1.29 is 9.53 Å². The summed E-state index contributed by atoms with van der Waals surface area (Å²) >= 11 is 6.23. The zero-order valence-electron chi connectivity index (χ0n) is 10.8. The summed E-state index contributed by atoms with van der Waals surface area (Å²) in [7, 11) is 0. The van der Waals surface area contributed by atoms with Gasteiger partial charge in [0.1, 0.15) is 10.1 Å². The fourth-order valence-electron chi connectivity index (χ4n) is 1.50. The predicted octanol–water partition coefficient (Wildman–Crippen LogP) is 3.21. The van der Waals surface area contributed by atoms with E-state index in [2.05, 4.69) is 19.2 Å². The second kappa shape index (κ2) is 6.21. The van der Waals surface area contributed by atoms with Gasteiger partial charge in [-0.1, -0.05) is 50.0 Å². The van der Waals surface area contributed by atoms with E-state index in [1.807, 2.05) is 30.3 Å². The van der Waals surface area contributed by atoms with Crippen LogP contribution in [0.4, 0.5) is 0 Å². The highest BCUT2D eigenvalue weighted by molar-refractivity contribution is 8.26. The number of nitrogens with one attached hydrogen (secondary N) is 1. The molecule has 0 spiro atoms. The van der Waals surface area contributed by atoms with E-state index in [-0.39, 0.29) is 5.91 Å². The molecule has 0 unspecified atom stereocenters. The third-order valence-electron chi connectivity index (χ3n) is 2.40. The molecule has 5 heteroatoms. The maximum Gasteiger partial charge on any atom is 0.263 e. The molecule has 19 heavy (non-hydrogen) atoms. The van der Waals surface area contributed by atoms with Gasteiger partial charge in [0, 0.05) is 0 Å². The van der Waals surface area contributed by atoms with Gasteiger partial charge in [-0.2, -0.15) is 0 Å². The highest BCUT2D eigenvalue weighted by Crippen LogP contribution is 2.26. The highest BCUT2D eigenvalue weighted by Gasteiger charge is 2.21. The van der Waals surface area contributed by atoms with Gasteiger partial charge in [0.25, 0.3) is 5.91 Å². The van der Waals surface area contributed by atoms with Crippen LogP contribution in [-0.4, -0.2) is 16.8 Å². The molecule has 0 radical (unpaired) electrons. The molecule has 0 bridgehead atoms. The molecule has 1 heterocycles. The number of amides is 1. The SMILES string of the molecule is CC(C)COc1ccc(C=C2SC(=S)NC2=O)cc1. The van der Waals surface area contributed by atoms with E-state index in [1.54, 1.807) is 0 Å². The zero-order chi connectivity index (χ0) is 13.8. The first kappa shape index (κ1) is 14.1. The van der Waals surface area contributed by atoms with Crippen LogP contribution in [0.5, 0.6) is 5.75 Å². The van der Waals surface area contributed by atoms with Crippen molar-refractivity contribution in [1.82, 2.24) is 5.32 Å². The van der Waals surface area contributed by atoms with E-state index >= 15 is 0 Å². The molecule has 1 aliphatic rings. The Labute approximate surface area is 122 Å². The number of thioether (sulfide) groups is 1. The Balaban J connectivity index is 2.04. The molecule has 100 valence electrons. The third kappa shape index (κ3) is 4.08. The van der Waals surface area contributed by atoms with Gasteiger partial charge in [-0.15, -0.1) is 0 Å². The molecule has 0 aliphatic carbocycles. The molecule has 1 N–H and O–H groups in total. The number of hydrogen-bond donors (Lipinski definition) is 1. The van der Waals surface area contributed by atoms with Gasteiger partial charge in [0.15, 0.2) is 0 Å². The summed E-state index contributed by atoms with van der Waals surface area (Å²) < 4.78 is 6.11. The third-order valence-corrected chi connectivity index (χ3v) is 3.57. The molecule has 1 aromatic carbocycles. The summed E-state index contributed by atoms with van der Waals surface area (Å²) in [5, 5.41) is 2.59. The molecule has 1 aliphatic heterocycles. The van der Waals surface area contributed by atoms with Gasteiger partial charge in [-0.05, 0) is 29.7 Å². The number of carbonyl (C=O) groups excluding carboxylic acids is 1. The van der Waals surface area contributed by atoms with Gasteiger partial charge in [-0.25, -0.2) is 0 Å². The molecular formula is C14H15NO2S2. The molecule has 1 fully saturated rings. The summed E-state index contributed by atoms with van der Waals surface area (Å²) in [5.74, 6) is 1.21. The Morgan fingerprint density at radius 3 is 2.58 bits per heavy atom. The Morgan fingerprint density at radius 2 is 2.05 bits per heavy atom. The lowest BCUT2D eigenvalue weighted by atomic mass is 10.2. The minimum atomic E-state index is -0.130. The maximum atomic E-state index is 11.5. The van der Waals surface area contributed by atoms with Crippen molar-refractivity contribution in [2.45, 2.75) is 13.8 Å². The zero-order valence-corrected chi connectivity index (χ0v) is 12.4. The molecule has 0 atom stereocenters. The molecule has 0 aromatic heterocycles. The van der Waals surface area contributed by atoms with Gasteiger partial charge < -0.3 is 10.1 Å². The van der Waals surface area contributed by atoms with E-state index in [9.17, 15) is 4.79 Å². The first-order valence-electron chi connectivity index (χ1n) is 6.02. The first-order valence-corrected chi connectivity index (χ1v) is 7.25. The van der Waals surface area contributed by atoms with Gasteiger partial charge in [-0.3, -0.25) is 4.79 Å². The van der Waals surface area contributed by atoms with Crippen molar-refractivity contribution in [3.63, 3.8) is 0 Å².